The standard InChI is InChI=1S/C20H29N5O/c1-2-21-20(23-16-19(26)25-13-5-6-14-25)22-15-17-7-9-18(10-8-17)24-11-3-4-12-24/h3-4,7-10H,2,5-6,11-16H2,1H3,(H2,21,22,23). The molecule has 0 saturated carbocycles. The molecular formula is C20H29N5O. The van der Waals surface area contributed by atoms with E-state index in [2.05, 4.69) is 56.9 Å². The Balaban J connectivity index is 1.51. The van der Waals surface area contributed by atoms with Gasteiger partial charge in [-0.05, 0) is 37.5 Å². The number of benzene rings is 1. The largest absolute Gasteiger partial charge is 0.364 e. The number of rotatable bonds is 6. The van der Waals surface area contributed by atoms with Crippen LogP contribution < -0.4 is 15.5 Å². The van der Waals surface area contributed by atoms with E-state index in [4.69, 9.17) is 0 Å². The first-order valence-electron chi connectivity index (χ1n) is 9.55. The highest BCUT2D eigenvalue weighted by atomic mass is 16.2. The summed E-state index contributed by atoms with van der Waals surface area (Å²) in [5.74, 6) is 0.838. The van der Waals surface area contributed by atoms with Gasteiger partial charge in [-0.3, -0.25) is 4.79 Å². The predicted octanol–water partition coefficient (Wildman–Crippen LogP) is 1.74. The number of carbonyl (C=O) groups excluding carboxylic acids is 1. The van der Waals surface area contributed by atoms with Crippen LogP contribution in [0.1, 0.15) is 25.3 Å². The Hall–Kier alpha value is -2.50. The van der Waals surface area contributed by atoms with Crippen molar-refractivity contribution < 1.29 is 4.79 Å². The Morgan fingerprint density at radius 1 is 1.08 bits per heavy atom. The summed E-state index contributed by atoms with van der Waals surface area (Å²) < 4.78 is 0. The van der Waals surface area contributed by atoms with Gasteiger partial charge in [-0.15, -0.1) is 0 Å². The molecule has 0 radical (unpaired) electrons. The molecule has 2 N–H and O–H groups in total. The molecule has 0 bridgehead atoms. The minimum atomic E-state index is 0.150. The fourth-order valence-corrected chi connectivity index (χ4v) is 3.25. The van der Waals surface area contributed by atoms with E-state index in [1.165, 1.54) is 5.69 Å². The van der Waals surface area contributed by atoms with Gasteiger partial charge in [0.25, 0.3) is 0 Å². The minimum Gasteiger partial charge on any atom is -0.364 e. The lowest BCUT2D eigenvalue weighted by Crippen LogP contribution is -2.44. The van der Waals surface area contributed by atoms with Crippen molar-refractivity contribution in [3.63, 3.8) is 0 Å². The van der Waals surface area contributed by atoms with Crippen molar-refractivity contribution >= 4 is 17.6 Å². The summed E-state index contributed by atoms with van der Waals surface area (Å²) in [6, 6.07) is 8.54. The summed E-state index contributed by atoms with van der Waals surface area (Å²) in [7, 11) is 0. The number of hydrogen-bond donors (Lipinski definition) is 2. The van der Waals surface area contributed by atoms with Gasteiger partial charge < -0.3 is 20.4 Å². The lowest BCUT2D eigenvalue weighted by atomic mass is 10.2. The van der Waals surface area contributed by atoms with Gasteiger partial charge in [0, 0.05) is 38.4 Å². The molecule has 1 aromatic carbocycles. The second-order valence-corrected chi connectivity index (χ2v) is 6.68. The number of hydrogen-bond acceptors (Lipinski definition) is 3. The molecule has 0 unspecified atom stereocenters. The van der Waals surface area contributed by atoms with Crippen LogP contribution in [0.25, 0.3) is 0 Å². The summed E-state index contributed by atoms with van der Waals surface area (Å²) in [4.78, 5) is 21.0. The van der Waals surface area contributed by atoms with Crippen molar-refractivity contribution in [2.75, 3.05) is 44.2 Å². The van der Waals surface area contributed by atoms with Crippen LogP contribution in [0, 0.1) is 0 Å². The molecule has 0 spiro atoms. The van der Waals surface area contributed by atoms with Gasteiger partial charge in [-0.2, -0.15) is 0 Å². The Morgan fingerprint density at radius 3 is 2.42 bits per heavy atom. The van der Waals surface area contributed by atoms with Crippen LogP contribution in [0.5, 0.6) is 0 Å². The Labute approximate surface area is 156 Å². The Morgan fingerprint density at radius 2 is 1.77 bits per heavy atom. The van der Waals surface area contributed by atoms with Gasteiger partial charge in [0.15, 0.2) is 5.96 Å². The molecule has 2 aliphatic heterocycles. The summed E-state index contributed by atoms with van der Waals surface area (Å²) in [5.41, 5.74) is 2.40. The predicted molar refractivity (Wildman–Crippen MR) is 106 cm³/mol. The monoisotopic (exact) mass is 355 g/mol. The third-order valence-corrected chi connectivity index (χ3v) is 4.75. The van der Waals surface area contributed by atoms with Gasteiger partial charge in [0.2, 0.25) is 5.91 Å². The van der Waals surface area contributed by atoms with Crippen molar-refractivity contribution in [1.29, 1.82) is 0 Å². The molecule has 1 amide bonds. The minimum absolute atomic E-state index is 0.150. The van der Waals surface area contributed by atoms with Crippen molar-refractivity contribution in [2.45, 2.75) is 26.3 Å². The van der Waals surface area contributed by atoms with Crippen molar-refractivity contribution in [1.82, 2.24) is 15.5 Å². The zero-order valence-electron chi connectivity index (χ0n) is 15.6. The van der Waals surface area contributed by atoms with E-state index in [0.29, 0.717) is 19.0 Å². The SMILES string of the molecule is CCNC(=NCc1ccc(N2CC=CC2)cc1)NCC(=O)N1CCCC1. The first-order chi connectivity index (χ1) is 12.8. The molecule has 0 aliphatic carbocycles. The highest BCUT2D eigenvalue weighted by molar-refractivity contribution is 5.86. The molecule has 1 aromatic rings. The lowest BCUT2D eigenvalue weighted by molar-refractivity contribution is -0.128. The molecule has 0 aromatic heterocycles. The maximum absolute atomic E-state index is 12.2. The third kappa shape index (κ3) is 5.00. The van der Waals surface area contributed by atoms with Crippen LogP contribution in [0.4, 0.5) is 5.69 Å². The highest BCUT2D eigenvalue weighted by Gasteiger charge is 2.17. The molecular weight excluding hydrogens is 326 g/mol. The van der Waals surface area contributed by atoms with Gasteiger partial charge in [-0.1, -0.05) is 24.3 Å². The van der Waals surface area contributed by atoms with Gasteiger partial charge in [-0.25, -0.2) is 4.99 Å². The maximum Gasteiger partial charge on any atom is 0.241 e. The van der Waals surface area contributed by atoms with E-state index in [1.54, 1.807) is 0 Å². The summed E-state index contributed by atoms with van der Waals surface area (Å²) in [6.07, 6.45) is 6.61. The van der Waals surface area contributed by atoms with Gasteiger partial charge in [0.05, 0.1) is 13.1 Å². The molecule has 1 fully saturated rings. The van der Waals surface area contributed by atoms with E-state index < -0.39 is 0 Å². The van der Waals surface area contributed by atoms with Gasteiger partial charge >= 0.3 is 0 Å². The van der Waals surface area contributed by atoms with Crippen LogP contribution in [-0.4, -0.2) is 56.0 Å². The topological polar surface area (TPSA) is 60.0 Å². The molecule has 1 saturated heterocycles. The zero-order chi connectivity index (χ0) is 18.2. The maximum atomic E-state index is 12.2. The average Bonchev–Trinajstić information content (AvgIpc) is 3.38. The van der Waals surface area contributed by atoms with E-state index in [-0.39, 0.29) is 5.91 Å². The van der Waals surface area contributed by atoms with Crippen molar-refractivity contribution in [3.05, 3.63) is 42.0 Å². The first-order valence-corrected chi connectivity index (χ1v) is 9.55. The van der Waals surface area contributed by atoms with Crippen LogP contribution in [-0.2, 0) is 11.3 Å². The zero-order valence-corrected chi connectivity index (χ0v) is 15.6. The first kappa shape index (κ1) is 18.3. The quantitative estimate of drug-likeness (QED) is 0.464. The summed E-state index contributed by atoms with van der Waals surface area (Å²) in [6.45, 7) is 7.41. The van der Waals surface area contributed by atoms with Crippen LogP contribution in [0.15, 0.2) is 41.4 Å². The smallest absolute Gasteiger partial charge is 0.241 e. The average molecular weight is 355 g/mol. The number of carbonyl (C=O) groups is 1. The number of amides is 1. The molecule has 2 heterocycles. The summed E-state index contributed by atoms with van der Waals surface area (Å²) >= 11 is 0. The third-order valence-electron chi connectivity index (χ3n) is 4.75. The molecule has 140 valence electrons. The van der Waals surface area contributed by atoms with E-state index in [0.717, 1.165) is 51.1 Å². The molecule has 26 heavy (non-hydrogen) atoms. The lowest BCUT2D eigenvalue weighted by Gasteiger charge is -2.18. The molecule has 6 nitrogen and oxygen atoms in total. The fourth-order valence-electron chi connectivity index (χ4n) is 3.25. The number of nitrogens with zero attached hydrogens (tertiary/aromatic N) is 3. The van der Waals surface area contributed by atoms with E-state index in [1.807, 2.05) is 11.8 Å². The number of guanidine groups is 1. The fraction of sp³-hybridized carbons (Fsp3) is 0.500. The molecule has 6 heteroatoms. The van der Waals surface area contributed by atoms with Crippen LogP contribution in [0.2, 0.25) is 0 Å². The Kier molecular flexibility index (Phi) is 6.52. The number of likely N-dealkylation sites (tertiary alicyclic amines) is 1. The van der Waals surface area contributed by atoms with E-state index in [9.17, 15) is 4.79 Å². The molecule has 3 rings (SSSR count). The molecule has 0 atom stereocenters. The van der Waals surface area contributed by atoms with Crippen molar-refractivity contribution in [2.24, 2.45) is 4.99 Å². The van der Waals surface area contributed by atoms with Crippen molar-refractivity contribution in [3.8, 4) is 0 Å². The second kappa shape index (κ2) is 9.27. The van der Waals surface area contributed by atoms with Gasteiger partial charge in [0.1, 0.15) is 0 Å². The molecule has 2 aliphatic rings. The number of anilines is 1. The van der Waals surface area contributed by atoms with Crippen LogP contribution >= 0.6 is 0 Å². The Bertz CT molecular complexity index is 639. The number of aliphatic imine (C=N–C) groups is 1. The summed E-state index contributed by atoms with van der Waals surface area (Å²) in [5, 5.41) is 6.36. The van der Waals surface area contributed by atoms with E-state index >= 15 is 0 Å². The van der Waals surface area contributed by atoms with Crippen LogP contribution in [0.3, 0.4) is 0 Å². The highest BCUT2D eigenvalue weighted by Crippen LogP contribution is 2.17. The normalized spacial score (nSPS) is 17.0. The number of nitrogens with one attached hydrogen (secondary N) is 2. The second-order valence-electron chi connectivity index (χ2n) is 6.68.